The summed E-state index contributed by atoms with van der Waals surface area (Å²) >= 11 is 0. The predicted molar refractivity (Wildman–Crippen MR) is 134 cm³/mol. The number of rotatable bonds is 10. The third-order valence-electron chi connectivity index (χ3n) is 5.46. The predicted octanol–water partition coefficient (Wildman–Crippen LogP) is 5.08. The van der Waals surface area contributed by atoms with Gasteiger partial charge in [-0.2, -0.15) is 0 Å². The van der Waals surface area contributed by atoms with Crippen molar-refractivity contribution in [3.63, 3.8) is 0 Å². The molecule has 0 radical (unpaired) electrons. The quantitative estimate of drug-likeness (QED) is 0.450. The maximum absolute atomic E-state index is 13.7. The number of carbonyl (C=O) groups is 1. The topological polar surface area (TPSA) is 80.9 Å². The van der Waals surface area contributed by atoms with E-state index in [1.54, 1.807) is 17.0 Å². The van der Waals surface area contributed by atoms with E-state index >= 15 is 0 Å². The summed E-state index contributed by atoms with van der Waals surface area (Å²) in [6.45, 7) is 12.9. The molecule has 1 aromatic heterocycles. The zero-order chi connectivity index (χ0) is 24.8. The van der Waals surface area contributed by atoms with Crippen LogP contribution in [-0.2, 0) is 6.54 Å². The molecule has 3 rings (SSSR count). The zero-order valence-corrected chi connectivity index (χ0v) is 20.9. The smallest absolute Gasteiger partial charge is 0.254 e. The van der Waals surface area contributed by atoms with E-state index in [9.17, 15) is 9.59 Å². The van der Waals surface area contributed by atoms with Crippen LogP contribution in [-0.4, -0.2) is 41.7 Å². The summed E-state index contributed by atoms with van der Waals surface area (Å²) in [4.78, 5) is 31.1. The first-order valence-corrected chi connectivity index (χ1v) is 11.8. The molecule has 2 aromatic carbocycles. The Labute approximate surface area is 200 Å². The van der Waals surface area contributed by atoms with Crippen molar-refractivity contribution in [2.75, 3.05) is 19.8 Å². The summed E-state index contributed by atoms with van der Waals surface area (Å²) in [6, 6.07) is 11.0. The Morgan fingerprint density at radius 1 is 0.941 bits per heavy atom. The van der Waals surface area contributed by atoms with E-state index in [1.165, 1.54) is 0 Å². The van der Waals surface area contributed by atoms with Crippen LogP contribution in [0.2, 0.25) is 0 Å². The van der Waals surface area contributed by atoms with Crippen LogP contribution < -0.4 is 19.8 Å². The van der Waals surface area contributed by atoms with Crippen LogP contribution >= 0.6 is 0 Å². The molecule has 0 aliphatic carbocycles. The summed E-state index contributed by atoms with van der Waals surface area (Å²) in [5, 5.41) is 0.926. The van der Waals surface area contributed by atoms with E-state index in [-0.39, 0.29) is 24.1 Å². The first-order valence-electron chi connectivity index (χ1n) is 11.8. The minimum Gasteiger partial charge on any atom is -0.490 e. The molecule has 7 nitrogen and oxygen atoms in total. The van der Waals surface area contributed by atoms with Crippen molar-refractivity contribution >= 4 is 16.8 Å². The molecule has 34 heavy (non-hydrogen) atoms. The third-order valence-corrected chi connectivity index (χ3v) is 5.46. The molecule has 182 valence electrons. The van der Waals surface area contributed by atoms with E-state index in [2.05, 4.69) is 4.98 Å². The van der Waals surface area contributed by atoms with Crippen molar-refractivity contribution in [1.29, 1.82) is 0 Å². The number of aryl methyl sites for hydroxylation is 1. The lowest BCUT2D eigenvalue weighted by Crippen LogP contribution is -2.38. The largest absolute Gasteiger partial charge is 0.490 e. The molecule has 1 heterocycles. The van der Waals surface area contributed by atoms with Crippen molar-refractivity contribution in [2.24, 2.45) is 0 Å². The van der Waals surface area contributed by atoms with Crippen LogP contribution in [0.1, 0.15) is 56.1 Å². The highest BCUT2D eigenvalue weighted by molar-refractivity contribution is 5.96. The van der Waals surface area contributed by atoms with Gasteiger partial charge < -0.3 is 24.1 Å². The number of aromatic nitrogens is 1. The molecule has 0 atom stereocenters. The Bertz CT molecular complexity index is 1190. The minimum absolute atomic E-state index is 0.140. The molecule has 0 saturated carbocycles. The van der Waals surface area contributed by atoms with Gasteiger partial charge in [-0.05, 0) is 76.8 Å². The van der Waals surface area contributed by atoms with E-state index in [1.807, 2.05) is 65.8 Å². The Balaban J connectivity index is 2.02. The van der Waals surface area contributed by atoms with Gasteiger partial charge in [0.15, 0.2) is 11.5 Å². The van der Waals surface area contributed by atoms with Gasteiger partial charge in [0.2, 0.25) is 5.75 Å². The standard InChI is InChI=1S/C27H34N2O5/c1-7-32-23-14-20(15-24(33-8-2)25(23)34-9-3)27(31)29(17(4)5)16-21-13-19-11-10-18(6)12-22(19)28-26(21)30/h10-15,17H,7-9,16H2,1-6H3,(H,28,30). The van der Waals surface area contributed by atoms with Crippen molar-refractivity contribution in [3.8, 4) is 17.2 Å². The molecule has 0 unspecified atom stereocenters. The molecule has 7 heteroatoms. The van der Waals surface area contributed by atoms with Gasteiger partial charge in [0.05, 0.1) is 26.4 Å². The number of hydrogen-bond acceptors (Lipinski definition) is 5. The first-order chi connectivity index (χ1) is 16.3. The summed E-state index contributed by atoms with van der Waals surface area (Å²) in [5.74, 6) is 1.19. The van der Waals surface area contributed by atoms with Gasteiger partial charge >= 0.3 is 0 Å². The summed E-state index contributed by atoms with van der Waals surface area (Å²) in [5.41, 5.74) is 2.59. The Hall–Kier alpha value is -3.48. The van der Waals surface area contributed by atoms with Gasteiger partial charge in [-0.25, -0.2) is 0 Å². The average molecular weight is 467 g/mol. The Morgan fingerprint density at radius 3 is 2.12 bits per heavy atom. The molecule has 0 aliphatic rings. The van der Waals surface area contributed by atoms with Crippen LogP contribution in [0.3, 0.4) is 0 Å². The number of benzene rings is 2. The fourth-order valence-electron chi connectivity index (χ4n) is 3.83. The van der Waals surface area contributed by atoms with Crippen molar-refractivity contribution in [3.05, 3.63) is 63.4 Å². The van der Waals surface area contributed by atoms with Gasteiger partial charge in [0, 0.05) is 22.7 Å². The number of ether oxygens (including phenoxy) is 3. The van der Waals surface area contributed by atoms with Gasteiger partial charge in [0.25, 0.3) is 11.5 Å². The second-order valence-corrected chi connectivity index (χ2v) is 8.34. The van der Waals surface area contributed by atoms with Crippen LogP contribution in [0.4, 0.5) is 0 Å². The lowest BCUT2D eigenvalue weighted by molar-refractivity contribution is 0.0688. The first kappa shape index (κ1) is 25.1. The Morgan fingerprint density at radius 2 is 1.56 bits per heavy atom. The molecule has 0 fully saturated rings. The van der Waals surface area contributed by atoms with Gasteiger partial charge in [-0.3, -0.25) is 9.59 Å². The molecule has 0 saturated heterocycles. The molecular weight excluding hydrogens is 432 g/mol. The Kier molecular flexibility index (Phi) is 8.21. The van der Waals surface area contributed by atoms with Crippen LogP contribution in [0, 0.1) is 6.92 Å². The number of nitrogens with one attached hydrogen (secondary N) is 1. The minimum atomic E-state index is -0.219. The van der Waals surface area contributed by atoms with E-state index in [0.717, 1.165) is 16.5 Å². The van der Waals surface area contributed by atoms with E-state index in [4.69, 9.17) is 14.2 Å². The molecule has 1 amide bonds. The fraction of sp³-hybridized carbons (Fsp3) is 0.407. The number of fused-ring (bicyclic) bond motifs is 1. The van der Waals surface area contributed by atoms with Crippen molar-refractivity contribution < 1.29 is 19.0 Å². The maximum atomic E-state index is 13.7. The zero-order valence-electron chi connectivity index (χ0n) is 20.9. The van der Waals surface area contributed by atoms with Gasteiger partial charge in [-0.15, -0.1) is 0 Å². The fourth-order valence-corrected chi connectivity index (χ4v) is 3.83. The van der Waals surface area contributed by atoms with Crippen LogP contribution in [0.25, 0.3) is 10.9 Å². The number of H-pyrrole nitrogens is 1. The number of carbonyl (C=O) groups excluding carboxylic acids is 1. The molecule has 0 aliphatic heterocycles. The van der Waals surface area contributed by atoms with Gasteiger partial charge in [0.1, 0.15) is 0 Å². The van der Waals surface area contributed by atoms with Crippen LogP contribution in [0.5, 0.6) is 17.2 Å². The molecule has 3 aromatic rings. The highest BCUT2D eigenvalue weighted by Gasteiger charge is 2.24. The monoisotopic (exact) mass is 466 g/mol. The summed E-state index contributed by atoms with van der Waals surface area (Å²) in [7, 11) is 0. The number of amides is 1. The van der Waals surface area contributed by atoms with Crippen molar-refractivity contribution in [1.82, 2.24) is 9.88 Å². The second kappa shape index (κ2) is 11.1. The molecule has 1 N–H and O–H groups in total. The highest BCUT2D eigenvalue weighted by Crippen LogP contribution is 2.39. The van der Waals surface area contributed by atoms with Gasteiger partial charge in [-0.1, -0.05) is 12.1 Å². The van der Waals surface area contributed by atoms with Crippen molar-refractivity contribution in [2.45, 2.75) is 54.1 Å². The molecule has 0 bridgehead atoms. The van der Waals surface area contributed by atoms with Crippen LogP contribution in [0.15, 0.2) is 41.2 Å². The third kappa shape index (κ3) is 5.53. The highest BCUT2D eigenvalue weighted by atomic mass is 16.5. The normalized spacial score (nSPS) is 11.0. The lowest BCUT2D eigenvalue weighted by atomic mass is 10.1. The lowest BCUT2D eigenvalue weighted by Gasteiger charge is -2.27. The number of hydrogen-bond donors (Lipinski definition) is 1. The number of aromatic amines is 1. The van der Waals surface area contributed by atoms with E-state index in [0.29, 0.717) is 48.2 Å². The van der Waals surface area contributed by atoms with E-state index < -0.39 is 0 Å². The second-order valence-electron chi connectivity index (χ2n) is 8.34. The maximum Gasteiger partial charge on any atom is 0.254 e. The molecular formula is C27H34N2O5. The summed E-state index contributed by atoms with van der Waals surface area (Å²) < 4.78 is 17.3. The average Bonchev–Trinajstić information content (AvgIpc) is 2.79. The SMILES string of the molecule is CCOc1cc(C(=O)N(Cc2cc3ccc(C)cc3[nH]c2=O)C(C)C)cc(OCC)c1OCC. The number of nitrogens with zero attached hydrogens (tertiary/aromatic N) is 1. The number of pyridine rings is 1. The molecule has 0 spiro atoms. The summed E-state index contributed by atoms with van der Waals surface area (Å²) in [6.07, 6.45) is 0.